The molecule has 0 fully saturated rings. The second kappa shape index (κ2) is 4.94. The summed E-state index contributed by atoms with van der Waals surface area (Å²) in [5.41, 5.74) is 1.71. The first-order valence-corrected chi connectivity index (χ1v) is 6.77. The third-order valence-corrected chi connectivity index (χ3v) is 4.10. The first-order chi connectivity index (χ1) is 9.29. The highest BCUT2D eigenvalue weighted by Crippen LogP contribution is 2.41. The van der Waals surface area contributed by atoms with Gasteiger partial charge in [-0.15, -0.1) is 0 Å². The summed E-state index contributed by atoms with van der Waals surface area (Å²) in [4.78, 5) is 14.0. The molecule has 3 rings (SSSR count). The molecule has 0 unspecified atom stereocenters. The number of thioether (sulfide) groups is 1. The molecule has 0 saturated carbocycles. The van der Waals surface area contributed by atoms with E-state index in [9.17, 15) is 4.79 Å². The predicted molar refractivity (Wildman–Crippen MR) is 77.6 cm³/mol. The Labute approximate surface area is 116 Å². The first kappa shape index (κ1) is 12.1. The Hall–Kier alpha value is -2.00. The Kier molecular flexibility index (Phi) is 3.13. The van der Waals surface area contributed by atoms with Gasteiger partial charge >= 0.3 is 0 Å². The quantitative estimate of drug-likeness (QED) is 0.769. The van der Waals surface area contributed by atoms with E-state index in [1.54, 1.807) is 7.11 Å². The minimum Gasteiger partial charge on any atom is -0.496 e. The maximum Gasteiger partial charge on any atom is 0.200 e. The molecule has 2 aromatic carbocycles. The van der Waals surface area contributed by atoms with Crippen LogP contribution in [0, 0.1) is 0 Å². The zero-order valence-electron chi connectivity index (χ0n) is 10.4. The van der Waals surface area contributed by atoms with Crippen LogP contribution >= 0.6 is 11.8 Å². The molecular formula is C16H12O2S. The van der Waals surface area contributed by atoms with E-state index in [0.29, 0.717) is 0 Å². The maximum atomic E-state index is 12.3. The molecule has 0 N–H and O–H groups in total. The van der Waals surface area contributed by atoms with E-state index in [1.807, 2.05) is 54.6 Å². The van der Waals surface area contributed by atoms with E-state index in [4.69, 9.17) is 4.74 Å². The molecule has 0 amide bonds. The summed E-state index contributed by atoms with van der Waals surface area (Å²) in [6.45, 7) is 0. The molecule has 94 valence electrons. The molecular weight excluding hydrogens is 256 g/mol. The van der Waals surface area contributed by atoms with Crippen molar-refractivity contribution in [3.63, 3.8) is 0 Å². The van der Waals surface area contributed by atoms with Crippen molar-refractivity contribution in [3.05, 3.63) is 64.6 Å². The van der Waals surface area contributed by atoms with Gasteiger partial charge in [0.15, 0.2) is 0 Å². The van der Waals surface area contributed by atoms with Gasteiger partial charge in [-0.1, -0.05) is 42.1 Å². The lowest BCUT2D eigenvalue weighted by Gasteiger charge is -2.04. The van der Waals surface area contributed by atoms with E-state index >= 15 is 0 Å². The van der Waals surface area contributed by atoms with Gasteiger partial charge in [0, 0.05) is 16.0 Å². The van der Waals surface area contributed by atoms with Gasteiger partial charge in [-0.2, -0.15) is 0 Å². The minimum absolute atomic E-state index is 0.0894. The lowest BCUT2D eigenvalue weighted by molar-refractivity contribution is 0.104. The van der Waals surface area contributed by atoms with Crippen molar-refractivity contribution in [2.24, 2.45) is 0 Å². The van der Waals surface area contributed by atoms with Gasteiger partial charge in [0.25, 0.3) is 0 Å². The number of Topliss-reactive ketones (excluding diaryl/α,β-unsaturated/α-hetero) is 1. The van der Waals surface area contributed by atoms with Crippen LogP contribution in [0.3, 0.4) is 0 Å². The number of methoxy groups -OCH3 is 1. The molecule has 1 heterocycles. The summed E-state index contributed by atoms with van der Waals surface area (Å²) in [6, 6.07) is 15.4. The number of rotatable bonds is 2. The topological polar surface area (TPSA) is 26.3 Å². The van der Waals surface area contributed by atoms with Gasteiger partial charge in [0.05, 0.1) is 12.0 Å². The van der Waals surface area contributed by atoms with Crippen molar-refractivity contribution in [1.82, 2.24) is 0 Å². The largest absolute Gasteiger partial charge is 0.496 e. The molecule has 0 radical (unpaired) electrons. The molecule has 2 nitrogen and oxygen atoms in total. The van der Waals surface area contributed by atoms with Crippen molar-refractivity contribution in [3.8, 4) is 5.75 Å². The van der Waals surface area contributed by atoms with Gasteiger partial charge in [0.2, 0.25) is 5.78 Å². The molecule has 1 aliphatic heterocycles. The average molecular weight is 268 g/mol. The number of fused-ring (bicyclic) bond motifs is 1. The van der Waals surface area contributed by atoms with Crippen LogP contribution in [-0.2, 0) is 0 Å². The van der Waals surface area contributed by atoms with Crippen LogP contribution in [0.25, 0.3) is 6.08 Å². The number of benzene rings is 2. The molecule has 2 aromatic rings. The van der Waals surface area contributed by atoms with Crippen LogP contribution in [0.2, 0.25) is 0 Å². The fraction of sp³-hybridized carbons (Fsp3) is 0.0625. The van der Waals surface area contributed by atoms with E-state index < -0.39 is 0 Å². The summed E-state index contributed by atoms with van der Waals surface area (Å²) in [5, 5.41) is 0. The van der Waals surface area contributed by atoms with E-state index in [-0.39, 0.29) is 5.78 Å². The van der Waals surface area contributed by atoms with E-state index in [1.165, 1.54) is 11.8 Å². The first-order valence-electron chi connectivity index (χ1n) is 5.96. The monoisotopic (exact) mass is 268 g/mol. The van der Waals surface area contributed by atoms with Crippen LogP contribution in [0.1, 0.15) is 15.9 Å². The normalized spacial score (nSPS) is 15.6. The summed E-state index contributed by atoms with van der Waals surface area (Å²) >= 11 is 1.51. The van der Waals surface area contributed by atoms with Gasteiger partial charge in [-0.3, -0.25) is 4.79 Å². The molecule has 0 bridgehead atoms. The third kappa shape index (κ3) is 2.17. The highest BCUT2D eigenvalue weighted by molar-refractivity contribution is 8.04. The van der Waals surface area contributed by atoms with Crippen LogP contribution in [0.15, 0.2) is 58.3 Å². The van der Waals surface area contributed by atoms with Gasteiger partial charge in [0.1, 0.15) is 5.75 Å². The Morgan fingerprint density at radius 3 is 2.58 bits per heavy atom. The molecule has 0 saturated heterocycles. The fourth-order valence-corrected chi connectivity index (χ4v) is 3.11. The maximum absolute atomic E-state index is 12.3. The van der Waals surface area contributed by atoms with Crippen LogP contribution in [0.5, 0.6) is 5.75 Å². The Bertz CT molecular complexity index is 674. The number of hydrogen-bond donors (Lipinski definition) is 0. The number of ketones is 1. The van der Waals surface area contributed by atoms with Crippen molar-refractivity contribution < 1.29 is 9.53 Å². The van der Waals surface area contributed by atoms with Crippen molar-refractivity contribution in [2.75, 3.05) is 7.11 Å². The fourth-order valence-electron chi connectivity index (χ4n) is 2.06. The lowest BCUT2D eigenvalue weighted by atomic mass is 10.1. The number of para-hydroxylation sites is 1. The molecule has 1 aliphatic rings. The smallest absolute Gasteiger partial charge is 0.200 e. The van der Waals surface area contributed by atoms with Crippen LogP contribution < -0.4 is 4.74 Å². The average Bonchev–Trinajstić information content (AvgIpc) is 2.77. The third-order valence-electron chi connectivity index (χ3n) is 3.00. The van der Waals surface area contributed by atoms with Gasteiger partial charge in [-0.25, -0.2) is 0 Å². The van der Waals surface area contributed by atoms with E-state index in [0.717, 1.165) is 26.7 Å². The molecule has 19 heavy (non-hydrogen) atoms. The minimum atomic E-state index is 0.0894. The SMILES string of the molecule is COc1ccccc1/C=C1/Sc2ccccc2C1=O. The second-order valence-corrected chi connectivity index (χ2v) is 5.26. The van der Waals surface area contributed by atoms with Crippen molar-refractivity contribution >= 4 is 23.6 Å². The highest BCUT2D eigenvalue weighted by atomic mass is 32.2. The summed E-state index contributed by atoms with van der Waals surface area (Å²) in [6.07, 6.45) is 1.89. The summed E-state index contributed by atoms with van der Waals surface area (Å²) in [5.74, 6) is 0.867. The number of allylic oxidation sites excluding steroid dienone is 1. The van der Waals surface area contributed by atoms with Crippen molar-refractivity contribution in [1.29, 1.82) is 0 Å². The standard InChI is InChI=1S/C16H12O2S/c1-18-13-8-4-2-6-11(13)10-15-16(17)12-7-3-5-9-14(12)19-15/h2-10H,1H3/b15-10+. The molecule has 3 heteroatoms. The molecule has 0 atom stereocenters. The number of hydrogen-bond acceptors (Lipinski definition) is 3. The van der Waals surface area contributed by atoms with E-state index in [2.05, 4.69) is 0 Å². The highest BCUT2D eigenvalue weighted by Gasteiger charge is 2.25. The Morgan fingerprint density at radius 1 is 1.05 bits per heavy atom. The second-order valence-electron chi connectivity index (χ2n) is 4.18. The number of carbonyl (C=O) groups excluding carboxylic acids is 1. The lowest BCUT2D eigenvalue weighted by Crippen LogP contribution is -1.94. The number of carbonyl (C=O) groups is 1. The molecule has 0 spiro atoms. The Morgan fingerprint density at radius 2 is 1.79 bits per heavy atom. The molecule has 0 aliphatic carbocycles. The summed E-state index contributed by atoms with van der Waals surface area (Å²) in [7, 11) is 1.63. The molecule has 0 aromatic heterocycles. The predicted octanol–water partition coefficient (Wildman–Crippen LogP) is 4.02. The van der Waals surface area contributed by atoms with Gasteiger partial charge in [-0.05, 0) is 24.3 Å². The summed E-state index contributed by atoms with van der Waals surface area (Å²) < 4.78 is 5.30. The zero-order valence-corrected chi connectivity index (χ0v) is 11.2. The van der Waals surface area contributed by atoms with Crippen LogP contribution in [-0.4, -0.2) is 12.9 Å². The van der Waals surface area contributed by atoms with Crippen molar-refractivity contribution in [2.45, 2.75) is 4.90 Å². The van der Waals surface area contributed by atoms with Crippen LogP contribution in [0.4, 0.5) is 0 Å². The van der Waals surface area contributed by atoms with Gasteiger partial charge < -0.3 is 4.74 Å². The Balaban J connectivity index is 2.01. The number of ether oxygens (including phenoxy) is 1. The zero-order chi connectivity index (χ0) is 13.2.